The Bertz CT molecular complexity index is 365. The monoisotopic (exact) mass is 270 g/mol. The minimum atomic E-state index is -0.660. The molecule has 19 heavy (non-hydrogen) atoms. The maximum Gasteiger partial charge on any atom is 0.238 e. The van der Waals surface area contributed by atoms with E-state index in [2.05, 4.69) is 5.32 Å². The van der Waals surface area contributed by atoms with E-state index < -0.39 is 6.10 Å². The van der Waals surface area contributed by atoms with Gasteiger partial charge in [-0.1, -0.05) is 0 Å². The van der Waals surface area contributed by atoms with Crippen LogP contribution in [0.25, 0.3) is 0 Å². The van der Waals surface area contributed by atoms with Crippen LogP contribution in [0.2, 0.25) is 0 Å². The molecule has 0 aliphatic heterocycles. The predicted molar refractivity (Wildman–Crippen MR) is 70.5 cm³/mol. The average molecular weight is 270 g/mol. The Kier molecular flexibility index (Phi) is 6.55. The zero-order valence-corrected chi connectivity index (χ0v) is 11.6. The molecule has 0 aromatic carbocycles. The molecule has 2 N–H and O–H groups in total. The third kappa shape index (κ3) is 5.87. The molecule has 108 valence electrons. The number of furan rings is 1. The summed E-state index contributed by atoms with van der Waals surface area (Å²) in [5, 5.41) is 12.7. The highest BCUT2D eigenvalue weighted by atomic mass is 16.5. The number of likely N-dealkylation sites (N-methyl/N-ethyl adjacent to an activating group) is 1. The van der Waals surface area contributed by atoms with Gasteiger partial charge in [-0.3, -0.25) is 4.79 Å². The van der Waals surface area contributed by atoms with Crippen LogP contribution >= 0.6 is 0 Å². The molecule has 1 aromatic rings. The minimum Gasteiger partial charge on any atom is -0.467 e. The first-order valence-corrected chi connectivity index (χ1v) is 6.23. The van der Waals surface area contributed by atoms with E-state index in [1.165, 1.54) is 4.90 Å². The number of aliphatic hydroxyl groups excluding tert-OH is 1. The third-order valence-electron chi connectivity index (χ3n) is 2.61. The predicted octanol–water partition coefficient (Wildman–Crippen LogP) is 0.223. The second-order valence-electron chi connectivity index (χ2n) is 4.61. The van der Waals surface area contributed by atoms with Crippen LogP contribution in [0.15, 0.2) is 22.8 Å². The molecule has 0 fully saturated rings. The standard InChI is InChI=1S/C13H22N2O4/c1-10(13(17)15(2)3)14-7-11(16)8-18-9-12-5-4-6-19-12/h4-6,10-11,14,16H,7-9H2,1-3H3. The van der Waals surface area contributed by atoms with Crippen LogP contribution in [-0.4, -0.2) is 55.3 Å². The topological polar surface area (TPSA) is 74.9 Å². The summed E-state index contributed by atoms with van der Waals surface area (Å²) < 4.78 is 10.4. The summed E-state index contributed by atoms with van der Waals surface area (Å²) in [6.07, 6.45) is 0.915. The lowest BCUT2D eigenvalue weighted by Crippen LogP contribution is -2.44. The summed E-state index contributed by atoms with van der Waals surface area (Å²) in [5.41, 5.74) is 0. The van der Waals surface area contributed by atoms with Crippen molar-refractivity contribution in [1.29, 1.82) is 0 Å². The van der Waals surface area contributed by atoms with Crippen molar-refractivity contribution in [1.82, 2.24) is 10.2 Å². The lowest BCUT2D eigenvalue weighted by atomic mass is 10.2. The van der Waals surface area contributed by atoms with Crippen LogP contribution in [0, 0.1) is 0 Å². The van der Waals surface area contributed by atoms with Crippen LogP contribution in [-0.2, 0) is 16.1 Å². The van der Waals surface area contributed by atoms with E-state index in [9.17, 15) is 9.90 Å². The Balaban J connectivity index is 2.13. The highest BCUT2D eigenvalue weighted by Crippen LogP contribution is 2.02. The number of hydrogen-bond donors (Lipinski definition) is 2. The van der Waals surface area contributed by atoms with Crippen molar-refractivity contribution >= 4 is 5.91 Å². The minimum absolute atomic E-state index is 0.0243. The quantitative estimate of drug-likeness (QED) is 0.707. The van der Waals surface area contributed by atoms with Gasteiger partial charge in [-0.05, 0) is 19.1 Å². The summed E-state index contributed by atoms with van der Waals surface area (Å²) in [6.45, 7) is 2.59. The number of hydrogen-bond acceptors (Lipinski definition) is 5. The van der Waals surface area contributed by atoms with Gasteiger partial charge < -0.3 is 24.5 Å². The van der Waals surface area contributed by atoms with Gasteiger partial charge in [0.1, 0.15) is 12.4 Å². The smallest absolute Gasteiger partial charge is 0.238 e. The largest absolute Gasteiger partial charge is 0.467 e. The molecule has 0 aliphatic rings. The molecule has 0 radical (unpaired) electrons. The number of nitrogens with one attached hydrogen (secondary N) is 1. The van der Waals surface area contributed by atoms with Gasteiger partial charge in [-0.25, -0.2) is 0 Å². The second-order valence-corrected chi connectivity index (χ2v) is 4.61. The summed E-state index contributed by atoms with van der Waals surface area (Å²) in [5.74, 6) is 0.694. The molecule has 2 unspecified atom stereocenters. The molecular weight excluding hydrogens is 248 g/mol. The summed E-state index contributed by atoms with van der Waals surface area (Å²) in [6, 6.07) is 3.27. The second kappa shape index (κ2) is 7.93. The Labute approximate surface area is 113 Å². The number of amides is 1. The maximum atomic E-state index is 11.6. The van der Waals surface area contributed by atoms with E-state index >= 15 is 0 Å². The Hall–Kier alpha value is -1.37. The zero-order chi connectivity index (χ0) is 14.3. The number of carbonyl (C=O) groups is 1. The van der Waals surface area contributed by atoms with E-state index in [-0.39, 0.29) is 18.6 Å². The number of carbonyl (C=O) groups excluding carboxylic acids is 1. The summed E-state index contributed by atoms with van der Waals surface area (Å²) >= 11 is 0. The van der Waals surface area contributed by atoms with E-state index in [1.54, 1.807) is 33.3 Å². The number of aliphatic hydroxyl groups is 1. The van der Waals surface area contributed by atoms with Crippen molar-refractivity contribution in [2.75, 3.05) is 27.2 Å². The van der Waals surface area contributed by atoms with Crippen molar-refractivity contribution in [2.45, 2.75) is 25.7 Å². The Morgan fingerprint density at radius 2 is 2.32 bits per heavy atom. The first kappa shape index (κ1) is 15.7. The van der Waals surface area contributed by atoms with Crippen molar-refractivity contribution in [3.8, 4) is 0 Å². The van der Waals surface area contributed by atoms with Crippen LogP contribution in [0.1, 0.15) is 12.7 Å². The van der Waals surface area contributed by atoms with Gasteiger partial charge >= 0.3 is 0 Å². The molecule has 0 aliphatic carbocycles. The molecular formula is C13H22N2O4. The maximum absolute atomic E-state index is 11.6. The van der Waals surface area contributed by atoms with Crippen LogP contribution in [0.3, 0.4) is 0 Å². The van der Waals surface area contributed by atoms with E-state index in [4.69, 9.17) is 9.15 Å². The first-order valence-electron chi connectivity index (χ1n) is 6.23. The van der Waals surface area contributed by atoms with E-state index in [0.29, 0.717) is 13.2 Å². The van der Waals surface area contributed by atoms with Crippen molar-refractivity contribution in [2.24, 2.45) is 0 Å². The zero-order valence-electron chi connectivity index (χ0n) is 11.6. The van der Waals surface area contributed by atoms with Crippen LogP contribution in [0.4, 0.5) is 0 Å². The molecule has 2 atom stereocenters. The molecule has 6 nitrogen and oxygen atoms in total. The number of ether oxygens (including phenoxy) is 1. The summed E-state index contributed by atoms with van der Waals surface area (Å²) in [4.78, 5) is 13.1. The molecule has 1 heterocycles. The van der Waals surface area contributed by atoms with Crippen molar-refractivity contribution < 1.29 is 19.1 Å². The van der Waals surface area contributed by atoms with Gasteiger partial charge in [0.15, 0.2) is 0 Å². The molecule has 0 saturated carbocycles. The Morgan fingerprint density at radius 3 is 2.89 bits per heavy atom. The normalized spacial score (nSPS) is 14.1. The number of rotatable bonds is 8. The first-order chi connectivity index (χ1) is 9.00. The highest BCUT2D eigenvalue weighted by Gasteiger charge is 2.15. The van der Waals surface area contributed by atoms with E-state index in [0.717, 1.165) is 5.76 Å². The molecule has 6 heteroatoms. The lowest BCUT2D eigenvalue weighted by molar-refractivity contribution is -0.130. The van der Waals surface area contributed by atoms with Crippen LogP contribution < -0.4 is 5.32 Å². The fraction of sp³-hybridized carbons (Fsp3) is 0.615. The molecule has 1 amide bonds. The van der Waals surface area contributed by atoms with Crippen LogP contribution in [0.5, 0.6) is 0 Å². The van der Waals surface area contributed by atoms with Gasteiger partial charge in [-0.15, -0.1) is 0 Å². The average Bonchev–Trinajstić information content (AvgIpc) is 2.88. The van der Waals surface area contributed by atoms with Gasteiger partial charge in [0.2, 0.25) is 5.91 Å². The van der Waals surface area contributed by atoms with Crippen molar-refractivity contribution in [3.63, 3.8) is 0 Å². The summed E-state index contributed by atoms with van der Waals surface area (Å²) in [7, 11) is 3.40. The molecule has 1 aromatic heterocycles. The van der Waals surface area contributed by atoms with E-state index in [1.807, 2.05) is 6.07 Å². The molecule has 0 saturated heterocycles. The van der Waals surface area contributed by atoms with Crippen molar-refractivity contribution in [3.05, 3.63) is 24.2 Å². The SMILES string of the molecule is CC(NCC(O)COCc1ccco1)C(=O)N(C)C. The van der Waals surface area contributed by atoms with Gasteiger partial charge in [0.25, 0.3) is 0 Å². The molecule has 0 spiro atoms. The third-order valence-corrected chi connectivity index (χ3v) is 2.61. The van der Waals surface area contributed by atoms with Gasteiger partial charge in [0, 0.05) is 20.6 Å². The van der Waals surface area contributed by atoms with Gasteiger partial charge in [-0.2, -0.15) is 0 Å². The Morgan fingerprint density at radius 1 is 1.58 bits per heavy atom. The molecule has 1 rings (SSSR count). The lowest BCUT2D eigenvalue weighted by Gasteiger charge is -2.19. The number of nitrogens with zero attached hydrogens (tertiary/aromatic N) is 1. The fourth-order valence-electron chi connectivity index (χ4n) is 1.54. The van der Waals surface area contributed by atoms with Gasteiger partial charge in [0.05, 0.1) is 25.0 Å². The fourth-order valence-corrected chi connectivity index (χ4v) is 1.54. The highest BCUT2D eigenvalue weighted by molar-refractivity contribution is 5.80. The molecule has 0 bridgehead atoms.